The molecule has 0 heterocycles. The lowest BCUT2D eigenvalue weighted by Crippen LogP contribution is -2.32. The molecule has 1 atom stereocenters. The second-order valence-corrected chi connectivity index (χ2v) is 5.71. The third-order valence-corrected chi connectivity index (χ3v) is 3.77. The van der Waals surface area contributed by atoms with Crippen LogP contribution in [0.5, 0.6) is 11.5 Å². The Labute approximate surface area is 116 Å². The standard InChI is InChI=1S/C13H20BrNO3/c1-13(2,7-16)12(15)8-5-10(17-3)11(18-4)6-9(8)14/h5-6,12,16H,7,15H2,1-4H3/t12-/m0/s1. The topological polar surface area (TPSA) is 64.7 Å². The Kier molecular flexibility index (Phi) is 5.01. The minimum absolute atomic E-state index is 0.00888. The summed E-state index contributed by atoms with van der Waals surface area (Å²) in [6.07, 6.45) is 0. The predicted molar refractivity (Wildman–Crippen MR) is 75.0 cm³/mol. The van der Waals surface area contributed by atoms with Crippen molar-refractivity contribution in [2.24, 2.45) is 11.1 Å². The summed E-state index contributed by atoms with van der Waals surface area (Å²) in [5.41, 5.74) is 6.68. The van der Waals surface area contributed by atoms with E-state index in [0.29, 0.717) is 11.5 Å². The molecule has 102 valence electrons. The molecule has 0 saturated carbocycles. The molecule has 1 rings (SSSR count). The van der Waals surface area contributed by atoms with E-state index in [1.54, 1.807) is 14.2 Å². The summed E-state index contributed by atoms with van der Waals surface area (Å²) in [5.74, 6) is 1.27. The predicted octanol–water partition coefficient (Wildman–Crippen LogP) is 2.48. The van der Waals surface area contributed by atoms with Gasteiger partial charge in [0.1, 0.15) is 0 Å². The van der Waals surface area contributed by atoms with E-state index in [9.17, 15) is 5.11 Å². The van der Waals surface area contributed by atoms with Crippen LogP contribution in [-0.2, 0) is 0 Å². The molecule has 0 radical (unpaired) electrons. The van der Waals surface area contributed by atoms with Gasteiger partial charge in [0.25, 0.3) is 0 Å². The molecule has 0 aliphatic carbocycles. The van der Waals surface area contributed by atoms with Crippen molar-refractivity contribution in [2.45, 2.75) is 19.9 Å². The number of hydrogen-bond donors (Lipinski definition) is 2. The number of nitrogens with two attached hydrogens (primary N) is 1. The number of benzene rings is 1. The molecule has 18 heavy (non-hydrogen) atoms. The third-order valence-electron chi connectivity index (χ3n) is 3.09. The molecular weight excluding hydrogens is 298 g/mol. The van der Waals surface area contributed by atoms with Gasteiger partial charge in [-0.25, -0.2) is 0 Å². The molecule has 0 amide bonds. The minimum atomic E-state index is -0.415. The van der Waals surface area contributed by atoms with Crippen molar-refractivity contribution < 1.29 is 14.6 Å². The summed E-state index contributed by atoms with van der Waals surface area (Å²) in [6, 6.07) is 3.35. The average molecular weight is 318 g/mol. The van der Waals surface area contributed by atoms with E-state index in [1.165, 1.54) is 0 Å². The maximum atomic E-state index is 9.39. The number of aliphatic hydroxyl groups is 1. The Hall–Kier alpha value is -0.780. The first-order valence-electron chi connectivity index (χ1n) is 5.65. The van der Waals surface area contributed by atoms with Crippen LogP contribution in [0.2, 0.25) is 0 Å². The largest absolute Gasteiger partial charge is 0.493 e. The summed E-state index contributed by atoms with van der Waals surface area (Å²) in [6.45, 7) is 3.84. The number of ether oxygens (including phenoxy) is 2. The Bertz CT molecular complexity index is 421. The zero-order valence-electron chi connectivity index (χ0n) is 11.2. The highest BCUT2D eigenvalue weighted by atomic mass is 79.9. The summed E-state index contributed by atoms with van der Waals surface area (Å²) in [7, 11) is 3.17. The van der Waals surface area contributed by atoms with Crippen LogP contribution >= 0.6 is 15.9 Å². The van der Waals surface area contributed by atoms with Crippen LogP contribution < -0.4 is 15.2 Å². The van der Waals surface area contributed by atoms with E-state index in [1.807, 2.05) is 26.0 Å². The van der Waals surface area contributed by atoms with Gasteiger partial charge in [-0.05, 0) is 17.7 Å². The first-order chi connectivity index (χ1) is 8.37. The van der Waals surface area contributed by atoms with Crippen LogP contribution in [0, 0.1) is 5.41 Å². The van der Waals surface area contributed by atoms with Gasteiger partial charge in [-0.2, -0.15) is 0 Å². The van der Waals surface area contributed by atoms with Gasteiger partial charge in [-0.3, -0.25) is 0 Å². The highest BCUT2D eigenvalue weighted by Crippen LogP contribution is 2.40. The van der Waals surface area contributed by atoms with Gasteiger partial charge in [0.2, 0.25) is 0 Å². The zero-order chi connectivity index (χ0) is 13.9. The quantitative estimate of drug-likeness (QED) is 0.875. The Balaban J connectivity index is 3.25. The van der Waals surface area contributed by atoms with Crippen LogP contribution in [0.3, 0.4) is 0 Å². The van der Waals surface area contributed by atoms with Crippen molar-refractivity contribution in [3.05, 3.63) is 22.2 Å². The lowest BCUT2D eigenvalue weighted by Gasteiger charge is -2.30. The van der Waals surface area contributed by atoms with Crippen molar-refractivity contribution in [1.29, 1.82) is 0 Å². The van der Waals surface area contributed by atoms with E-state index < -0.39 is 5.41 Å². The van der Waals surface area contributed by atoms with E-state index in [-0.39, 0.29) is 12.6 Å². The molecule has 3 N–H and O–H groups in total. The fraction of sp³-hybridized carbons (Fsp3) is 0.538. The monoisotopic (exact) mass is 317 g/mol. The number of hydrogen-bond acceptors (Lipinski definition) is 4. The molecule has 5 heteroatoms. The van der Waals surface area contributed by atoms with Crippen molar-refractivity contribution in [3.8, 4) is 11.5 Å². The Morgan fingerprint density at radius 3 is 2.22 bits per heavy atom. The van der Waals surface area contributed by atoms with Crippen LogP contribution in [-0.4, -0.2) is 25.9 Å². The van der Waals surface area contributed by atoms with Gasteiger partial charge in [-0.15, -0.1) is 0 Å². The Morgan fingerprint density at radius 1 is 1.28 bits per heavy atom. The molecular formula is C13H20BrNO3. The first kappa shape index (κ1) is 15.3. The fourth-order valence-corrected chi connectivity index (χ4v) is 2.20. The second-order valence-electron chi connectivity index (χ2n) is 4.85. The van der Waals surface area contributed by atoms with Crippen molar-refractivity contribution in [2.75, 3.05) is 20.8 Å². The van der Waals surface area contributed by atoms with Crippen molar-refractivity contribution in [3.63, 3.8) is 0 Å². The molecule has 0 aliphatic heterocycles. The summed E-state index contributed by atoms with van der Waals surface area (Å²) < 4.78 is 11.3. The summed E-state index contributed by atoms with van der Waals surface area (Å²) in [4.78, 5) is 0. The maximum Gasteiger partial charge on any atom is 0.161 e. The van der Waals surface area contributed by atoms with Gasteiger partial charge >= 0.3 is 0 Å². The highest BCUT2D eigenvalue weighted by molar-refractivity contribution is 9.10. The normalized spacial score (nSPS) is 13.3. The first-order valence-corrected chi connectivity index (χ1v) is 6.44. The molecule has 4 nitrogen and oxygen atoms in total. The zero-order valence-corrected chi connectivity index (χ0v) is 12.7. The average Bonchev–Trinajstić information content (AvgIpc) is 2.37. The van der Waals surface area contributed by atoms with Gasteiger partial charge in [0.15, 0.2) is 11.5 Å². The molecule has 0 unspecified atom stereocenters. The van der Waals surface area contributed by atoms with Crippen LogP contribution in [0.15, 0.2) is 16.6 Å². The smallest absolute Gasteiger partial charge is 0.161 e. The van der Waals surface area contributed by atoms with E-state index in [4.69, 9.17) is 15.2 Å². The third kappa shape index (κ3) is 2.96. The Morgan fingerprint density at radius 2 is 1.78 bits per heavy atom. The molecule has 1 aromatic rings. The summed E-state index contributed by atoms with van der Waals surface area (Å²) in [5, 5.41) is 9.39. The molecule has 0 spiro atoms. The SMILES string of the molecule is COc1cc(Br)c([C@H](N)C(C)(C)CO)cc1OC. The van der Waals surface area contributed by atoms with E-state index in [2.05, 4.69) is 15.9 Å². The fourth-order valence-electron chi connectivity index (χ4n) is 1.63. The molecule has 0 saturated heterocycles. The number of methoxy groups -OCH3 is 2. The number of rotatable bonds is 5. The summed E-state index contributed by atoms with van der Waals surface area (Å²) >= 11 is 3.48. The highest BCUT2D eigenvalue weighted by Gasteiger charge is 2.29. The number of aliphatic hydroxyl groups excluding tert-OH is 1. The van der Waals surface area contributed by atoms with Crippen molar-refractivity contribution >= 4 is 15.9 Å². The molecule has 0 aromatic heterocycles. The minimum Gasteiger partial charge on any atom is -0.493 e. The van der Waals surface area contributed by atoms with Gasteiger partial charge in [0.05, 0.1) is 14.2 Å². The molecule has 0 aliphatic rings. The van der Waals surface area contributed by atoms with Gasteiger partial charge in [0, 0.05) is 22.5 Å². The molecule has 0 fully saturated rings. The van der Waals surface area contributed by atoms with E-state index in [0.717, 1.165) is 10.0 Å². The van der Waals surface area contributed by atoms with Gasteiger partial charge < -0.3 is 20.3 Å². The van der Waals surface area contributed by atoms with Crippen LogP contribution in [0.1, 0.15) is 25.5 Å². The van der Waals surface area contributed by atoms with Crippen LogP contribution in [0.4, 0.5) is 0 Å². The van der Waals surface area contributed by atoms with Crippen molar-refractivity contribution in [1.82, 2.24) is 0 Å². The molecule has 0 bridgehead atoms. The van der Waals surface area contributed by atoms with Crippen LogP contribution in [0.25, 0.3) is 0 Å². The molecule has 1 aromatic carbocycles. The lowest BCUT2D eigenvalue weighted by atomic mass is 9.82. The van der Waals surface area contributed by atoms with E-state index >= 15 is 0 Å². The van der Waals surface area contributed by atoms with Gasteiger partial charge in [-0.1, -0.05) is 29.8 Å². The second kappa shape index (κ2) is 5.91. The number of halogens is 1. The maximum absolute atomic E-state index is 9.39. The lowest BCUT2D eigenvalue weighted by molar-refractivity contribution is 0.132.